The third kappa shape index (κ3) is 3.64. The minimum Gasteiger partial charge on any atom is -0.399 e. The van der Waals surface area contributed by atoms with Crippen molar-refractivity contribution in [2.24, 2.45) is 5.10 Å². The van der Waals surface area contributed by atoms with Gasteiger partial charge in [0.1, 0.15) is 11.6 Å². The second-order valence-electron chi connectivity index (χ2n) is 7.22. The third-order valence-electron chi connectivity index (χ3n) is 4.77. The zero-order chi connectivity index (χ0) is 18.9. The van der Waals surface area contributed by atoms with E-state index in [0.717, 1.165) is 5.69 Å². The lowest BCUT2D eigenvalue weighted by Gasteiger charge is -2.32. The normalized spacial score (nSPS) is 18.5. The highest BCUT2D eigenvalue weighted by atomic mass is 19.1. The number of hydrazone groups is 1. The van der Waals surface area contributed by atoms with E-state index in [0.29, 0.717) is 5.56 Å². The minimum atomic E-state index is -1.09. The Kier molecular flexibility index (Phi) is 4.86. The maximum atomic E-state index is 14.5. The van der Waals surface area contributed by atoms with Gasteiger partial charge in [0.25, 0.3) is 0 Å². The van der Waals surface area contributed by atoms with Crippen molar-refractivity contribution in [1.29, 1.82) is 0 Å². The molecule has 0 bridgehead atoms. The molecule has 3 rings (SSSR count). The van der Waals surface area contributed by atoms with E-state index in [1.165, 1.54) is 18.3 Å². The third-order valence-corrected chi connectivity index (χ3v) is 4.77. The molecule has 4 nitrogen and oxygen atoms in total. The van der Waals surface area contributed by atoms with Crippen molar-refractivity contribution in [3.63, 3.8) is 0 Å². The van der Waals surface area contributed by atoms with Crippen molar-refractivity contribution < 1.29 is 18.1 Å². The Bertz CT molecular complexity index is 787. The molecule has 7 heteroatoms. The molecule has 0 aromatic heterocycles. The van der Waals surface area contributed by atoms with Crippen LogP contribution < -0.4 is 10.9 Å². The van der Waals surface area contributed by atoms with Gasteiger partial charge in [-0.3, -0.25) is 5.43 Å². The molecule has 0 saturated carbocycles. The van der Waals surface area contributed by atoms with Crippen LogP contribution in [-0.4, -0.2) is 24.5 Å². The molecule has 0 amide bonds. The lowest BCUT2D eigenvalue weighted by Crippen LogP contribution is -2.41. The molecule has 0 radical (unpaired) electrons. The first-order valence-electron chi connectivity index (χ1n) is 8.38. The van der Waals surface area contributed by atoms with Crippen molar-refractivity contribution in [1.82, 2.24) is 0 Å². The molecule has 1 fully saturated rings. The Morgan fingerprint density at radius 3 is 2.04 bits per heavy atom. The number of hydrogen-bond donors (Lipinski definition) is 1. The van der Waals surface area contributed by atoms with Crippen LogP contribution in [0.25, 0.3) is 0 Å². The summed E-state index contributed by atoms with van der Waals surface area (Å²) >= 11 is 0. The fourth-order valence-electron chi connectivity index (χ4n) is 2.56. The number of hydrogen-bond acceptors (Lipinski definition) is 4. The average molecular weight is 358 g/mol. The SMILES string of the molecule is CC1(C)OB(c2c(F)cc(C=NNc3ccccc3)cc2F)OC1(C)C. The summed E-state index contributed by atoms with van der Waals surface area (Å²) in [6, 6.07) is 11.7. The van der Waals surface area contributed by atoms with E-state index in [-0.39, 0.29) is 5.46 Å². The van der Waals surface area contributed by atoms with Gasteiger partial charge in [0.2, 0.25) is 0 Å². The van der Waals surface area contributed by atoms with Gasteiger partial charge < -0.3 is 9.31 Å². The highest BCUT2D eigenvalue weighted by Gasteiger charge is 2.53. The first-order valence-corrected chi connectivity index (χ1v) is 8.38. The van der Waals surface area contributed by atoms with Gasteiger partial charge in [-0.2, -0.15) is 5.10 Å². The largest absolute Gasteiger partial charge is 0.500 e. The maximum absolute atomic E-state index is 14.5. The van der Waals surface area contributed by atoms with Crippen LogP contribution in [0.5, 0.6) is 0 Å². The van der Waals surface area contributed by atoms with Crippen LogP contribution in [0, 0.1) is 11.6 Å². The fraction of sp³-hybridized carbons (Fsp3) is 0.316. The maximum Gasteiger partial charge on any atom is 0.500 e. The molecule has 136 valence electrons. The van der Waals surface area contributed by atoms with Crippen LogP contribution in [0.4, 0.5) is 14.5 Å². The number of benzene rings is 2. The van der Waals surface area contributed by atoms with Crippen LogP contribution in [0.3, 0.4) is 0 Å². The molecule has 2 aromatic rings. The quantitative estimate of drug-likeness (QED) is 0.515. The van der Waals surface area contributed by atoms with Crippen LogP contribution in [-0.2, 0) is 9.31 Å². The standard InChI is InChI=1S/C19H21BF2N2O2/c1-18(2)19(3,4)26-20(25-18)17-15(21)10-13(11-16(17)22)12-23-24-14-8-6-5-7-9-14/h5-12,24H,1-4H3. The number of anilines is 1. The van der Waals surface area contributed by atoms with E-state index in [1.807, 2.05) is 58.0 Å². The summed E-state index contributed by atoms with van der Waals surface area (Å²) < 4.78 is 40.6. The Morgan fingerprint density at radius 1 is 0.962 bits per heavy atom. The van der Waals surface area contributed by atoms with E-state index in [4.69, 9.17) is 9.31 Å². The summed E-state index contributed by atoms with van der Waals surface area (Å²) in [7, 11) is -1.09. The van der Waals surface area contributed by atoms with Crippen molar-refractivity contribution in [2.45, 2.75) is 38.9 Å². The molecule has 1 saturated heterocycles. The second-order valence-corrected chi connectivity index (χ2v) is 7.22. The van der Waals surface area contributed by atoms with Crippen molar-refractivity contribution in [3.05, 3.63) is 59.7 Å². The average Bonchev–Trinajstić information content (AvgIpc) is 2.75. The topological polar surface area (TPSA) is 42.8 Å². The molecule has 1 N–H and O–H groups in total. The number of nitrogens with zero attached hydrogens (tertiary/aromatic N) is 1. The lowest BCUT2D eigenvalue weighted by atomic mass is 9.77. The Labute approximate surface area is 152 Å². The summed E-state index contributed by atoms with van der Waals surface area (Å²) in [5.74, 6) is -1.46. The highest BCUT2D eigenvalue weighted by Crippen LogP contribution is 2.36. The number of para-hydroxylation sites is 1. The number of rotatable bonds is 4. The second kappa shape index (κ2) is 6.81. The summed E-state index contributed by atoms with van der Waals surface area (Å²) in [4.78, 5) is 0. The predicted molar refractivity (Wildman–Crippen MR) is 99.7 cm³/mol. The smallest absolute Gasteiger partial charge is 0.399 e. The van der Waals surface area contributed by atoms with Crippen LogP contribution in [0.1, 0.15) is 33.3 Å². The molecule has 1 aliphatic rings. The molecule has 2 aromatic carbocycles. The van der Waals surface area contributed by atoms with E-state index < -0.39 is 30.0 Å². The molecule has 1 aliphatic heterocycles. The zero-order valence-electron chi connectivity index (χ0n) is 15.2. The Morgan fingerprint density at radius 2 is 1.50 bits per heavy atom. The van der Waals surface area contributed by atoms with Gasteiger partial charge in [0, 0.05) is 5.56 Å². The van der Waals surface area contributed by atoms with Crippen LogP contribution >= 0.6 is 0 Å². The fourth-order valence-corrected chi connectivity index (χ4v) is 2.56. The summed E-state index contributed by atoms with van der Waals surface area (Å²) in [6.07, 6.45) is 1.35. The predicted octanol–water partition coefficient (Wildman–Crippen LogP) is 3.71. The van der Waals surface area contributed by atoms with Crippen molar-refractivity contribution >= 4 is 24.5 Å². The van der Waals surface area contributed by atoms with Gasteiger partial charge in [-0.15, -0.1) is 0 Å². The van der Waals surface area contributed by atoms with Gasteiger partial charge in [-0.25, -0.2) is 8.78 Å². The van der Waals surface area contributed by atoms with Gasteiger partial charge in [-0.1, -0.05) is 18.2 Å². The molecule has 0 unspecified atom stereocenters. The lowest BCUT2D eigenvalue weighted by molar-refractivity contribution is 0.00578. The molecular weight excluding hydrogens is 337 g/mol. The van der Waals surface area contributed by atoms with E-state index in [2.05, 4.69) is 10.5 Å². The van der Waals surface area contributed by atoms with Crippen LogP contribution in [0.2, 0.25) is 0 Å². The summed E-state index contributed by atoms with van der Waals surface area (Å²) in [5, 5.41) is 4.00. The molecule has 0 spiro atoms. The molecule has 0 atom stereocenters. The zero-order valence-corrected chi connectivity index (χ0v) is 15.2. The highest BCUT2D eigenvalue weighted by molar-refractivity contribution is 6.62. The molecule has 26 heavy (non-hydrogen) atoms. The number of nitrogens with one attached hydrogen (secondary N) is 1. The van der Waals surface area contributed by atoms with Gasteiger partial charge in [0.15, 0.2) is 0 Å². The first kappa shape index (κ1) is 18.5. The number of halogens is 2. The van der Waals surface area contributed by atoms with Gasteiger partial charge in [0.05, 0.1) is 28.6 Å². The monoisotopic (exact) mass is 358 g/mol. The van der Waals surface area contributed by atoms with Crippen LogP contribution in [0.15, 0.2) is 47.6 Å². The van der Waals surface area contributed by atoms with E-state index in [1.54, 1.807) is 0 Å². The van der Waals surface area contributed by atoms with E-state index in [9.17, 15) is 8.78 Å². The Balaban J connectivity index is 1.79. The van der Waals surface area contributed by atoms with Crippen molar-refractivity contribution in [2.75, 3.05) is 5.43 Å². The Hall–Kier alpha value is -2.25. The summed E-state index contributed by atoms with van der Waals surface area (Å²) in [5.41, 5.74) is 2.30. The van der Waals surface area contributed by atoms with E-state index >= 15 is 0 Å². The first-order chi connectivity index (χ1) is 12.2. The molecule has 0 aliphatic carbocycles. The molecular formula is C19H21BF2N2O2. The molecule has 1 heterocycles. The van der Waals surface area contributed by atoms with Gasteiger partial charge >= 0.3 is 7.12 Å². The van der Waals surface area contributed by atoms with Gasteiger partial charge in [-0.05, 0) is 52.0 Å². The van der Waals surface area contributed by atoms with Crippen molar-refractivity contribution in [3.8, 4) is 0 Å². The minimum absolute atomic E-state index is 0.225. The summed E-state index contributed by atoms with van der Waals surface area (Å²) in [6.45, 7) is 7.33.